The Morgan fingerprint density at radius 2 is 1.59 bits per heavy atom. The van der Waals surface area contributed by atoms with Gasteiger partial charge in [0.05, 0.1) is 19.3 Å². The molecule has 0 radical (unpaired) electrons. The molecular formula is C21H24CrO5. The van der Waals surface area contributed by atoms with E-state index in [4.69, 9.17) is 23.1 Å². The van der Waals surface area contributed by atoms with Crippen molar-refractivity contribution in [2.45, 2.75) is 45.4 Å². The number of ether oxygens (including phenoxy) is 1. The topological polar surface area (TPSA) is 82.1 Å². The summed E-state index contributed by atoms with van der Waals surface area (Å²) in [6.45, 7) is 17.9. The van der Waals surface area contributed by atoms with Gasteiger partial charge in [-0.2, -0.15) is 0 Å². The summed E-state index contributed by atoms with van der Waals surface area (Å²) >= 11 is 0. The van der Waals surface area contributed by atoms with Gasteiger partial charge in [-0.1, -0.05) is 38.3 Å². The van der Waals surface area contributed by atoms with Crippen LogP contribution in [0.15, 0.2) is 57.9 Å². The van der Waals surface area contributed by atoms with Crippen molar-refractivity contribution in [2.24, 2.45) is 0 Å². The molecule has 0 amide bonds. The number of hydrogen-bond acceptors (Lipinski definition) is 2. The van der Waals surface area contributed by atoms with E-state index in [9.17, 15) is 0 Å². The Hall–Kier alpha value is -1.95. The molecule has 1 aromatic heterocycles. The zero-order valence-corrected chi connectivity index (χ0v) is 17.1. The van der Waals surface area contributed by atoms with Crippen molar-refractivity contribution < 1.29 is 40.5 Å². The number of furan rings is 1. The van der Waals surface area contributed by atoms with E-state index in [2.05, 4.69) is 52.0 Å². The molecule has 0 saturated heterocycles. The Kier molecular flexibility index (Phi) is 22.5. The third-order valence-electron chi connectivity index (χ3n) is 3.59. The first-order chi connectivity index (χ1) is 12.8. The maximum atomic E-state index is 7.50. The third-order valence-corrected chi connectivity index (χ3v) is 3.59. The van der Waals surface area contributed by atoms with Gasteiger partial charge in [-0.15, -0.1) is 0 Å². The van der Waals surface area contributed by atoms with Crippen LogP contribution in [0.4, 0.5) is 0 Å². The molecule has 5 nitrogen and oxygen atoms in total. The molecule has 1 aliphatic carbocycles. The molecular weight excluding hydrogens is 384 g/mol. The van der Waals surface area contributed by atoms with Gasteiger partial charge in [0.25, 0.3) is 0 Å². The summed E-state index contributed by atoms with van der Waals surface area (Å²) < 4.78 is 33.6. The molecule has 0 aliphatic heterocycles. The van der Waals surface area contributed by atoms with Gasteiger partial charge in [0.1, 0.15) is 11.5 Å². The third kappa shape index (κ3) is 10.7. The van der Waals surface area contributed by atoms with E-state index in [1.54, 1.807) is 13.4 Å². The van der Waals surface area contributed by atoms with Gasteiger partial charge in [-0.25, -0.2) is 0 Å². The Morgan fingerprint density at radius 3 is 2.04 bits per heavy atom. The molecule has 1 unspecified atom stereocenters. The molecule has 144 valence electrons. The van der Waals surface area contributed by atoms with Gasteiger partial charge in [0.2, 0.25) is 0 Å². The summed E-state index contributed by atoms with van der Waals surface area (Å²) in [6, 6.07) is 3.99. The number of hydrogen-bond donors (Lipinski definition) is 0. The Bertz CT molecular complexity index is 619. The van der Waals surface area contributed by atoms with Crippen LogP contribution in [0.25, 0.3) is 0 Å². The molecule has 6 heteroatoms. The summed E-state index contributed by atoms with van der Waals surface area (Å²) in [7, 11) is 1.73. The minimum Gasteiger partial charge on any atom is 0 e. The van der Waals surface area contributed by atoms with E-state index in [0.29, 0.717) is 0 Å². The van der Waals surface area contributed by atoms with Crippen LogP contribution in [0, 0.1) is 20.0 Å². The van der Waals surface area contributed by atoms with Crippen molar-refractivity contribution in [2.75, 3.05) is 7.11 Å². The van der Waals surface area contributed by atoms with Crippen LogP contribution < -0.4 is 0 Å². The first-order valence-electron chi connectivity index (χ1n) is 8.10. The molecule has 1 aromatic rings. The fraction of sp³-hybridized carbons (Fsp3) is 0.381. The van der Waals surface area contributed by atoms with Crippen LogP contribution in [0.3, 0.4) is 0 Å². The molecule has 27 heavy (non-hydrogen) atoms. The fourth-order valence-electron chi connectivity index (χ4n) is 2.68. The smallest absolute Gasteiger partial charge is 0 e. The van der Waals surface area contributed by atoms with Crippen LogP contribution >= 0.6 is 0 Å². The van der Waals surface area contributed by atoms with Crippen LogP contribution in [-0.2, 0) is 36.1 Å². The molecule has 0 aromatic carbocycles. The second kappa shape index (κ2) is 20.4. The second-order valence-electron chi connectivity index (χ2n) is 5.20. The Balaban J connectivity index is -0.000000749. The van der Waals surface area contributed by atoms with Crippen molar-refractivity contribution in [3.8, 4) is 0 Å². The molecule has 0 bridgehead atoms. The molecule has 0 fully saturated rings. The van der Waals surface area contributed by atoms with Crippen LogP contribution in [0.1, 0.15) is 51.2 Å². The van der Waals surface area contributed by atoms with Gasteiger partial charge in [-0.05, 0) is 42.7 Å². The van der Waals surface area contributed by atoms with E-state index in [0.717, 1.165) is 37.2 Å². The maximum absolute atomic E-state index is 7.50. The maximum Gasteiger partial charge on any atom is 0 e. The quantitative estimate of drug-likeness (QED) is 0.476. The molecule has 1 heterocycles. The Labute approximate surface area is 172 Å². The van der Waals surface area contributed by atoms with Gasteiger partial charge in [-0.3, -0.25) is 0 Å². The van der Waals surface area contributed by atoms with Crippen molar-refractivity contribution in [1.82, 2.24) is 0 Å². The summed E-state index contributed by atoms with van der Waals surface area (Å²) in [5.74, 6) is 2.10. The SMILES string of the molecule is CCCC1=CC(OC)=CC(c2ccco2)C(CCC)=C1.[C-]#[O+].[C-]#[O+].[C-]#[O+].[Cr]. The van der Waals surface area contributed by atoms with Crippen molar-refractivity contribution in [3.63, 3.8) is 0 Å². The minimum absolute atomic E-state index is 0. The molecule has 0 N–H and O–H groups in total. The molecule has 1 aliphatic rings. The minimum atomic E-state index is 0. The van der Waals surface area contributed by atoms with E-state index in [-0.39, 0.29) is 23.3 Å². The van der Waals surface area contributed by atoms with E-state index in [1.165, 1.54) is 11.1 Å². The molecule has 0 saturated carbocycles. The normalized spacial score (nSPS) is 14.3. The Morgan fingerprint density at radius 1 is 1.00 bits per heavy atom. The number of methoxy groups -OCH3 is 1. The van der Waals surface area contributed by atoms with Crippen molar-refractivity contribution in [3.05, 3.63) is 79.2 Å². The predicted octanol–water partition coefficient (Wildman–Crippen LogP) is 5.25. The zero-order valence-electron chi connectivity index (χ0n) is 15.8. The zero-order chi connectivity index (χ0) is 20.4. The summed E-state index contributed by atoms with van der Waals surface area (Å²) in [5, 5.41) is 0. The molecule has 2 rings (SSSR count). The average Bonchev–Trinajstić information content (AvgIpc) is 3.18. The van der Waals surface area contributed by atoms with E-state index >= 15 is 0 Å². The molecule has 0 spiro atoms. The van der Waals surface area contributed by atoms with E-state index in [1.807, 2.05) is 12.1 Å². The summed E-state index contributed by atoms with van der Waals surface area (Å²) in [6.07, 6.45) is 12.8. The standard InChI is InChI=1S/C18H24O2.3CO.Cr/c1-4-7-14-11-15(8-5-2)17(13-16(12-14)19-3)18-9-6-10-20-18;3*1-2;/h6,9-13,17H,4-5,7-8H2,1-3H3;;;;. The monoisotopic (exact) mass is 408 g/mol. The number of rotatable bonds is 6. The van der Waals surface area contributed by atoms with Crippen molar-refractivity contribution >= 4 is 0 Å². The van der Waals surface area contributed by atoms with Gasteiger partial charge in [0.15, 0.2) is 0 Å². The summed E-state index contributed by atoms with van der Waals surface area (Å²) in [5.41, 5.74) is 2.76. The first-order valence-corrected chi connectivity index (χ1v) is 8.10. The largest absolute Gasteiger partial charge is 0 e. The van der Waals surface area contributed by atoms with Crippen LogP contribution in [0.5, 0.6) is 0 Å². The van der Waals surface area contributed by atoms with Gasteiger partial charge in [0, 0.05) is 17.4 Å². The van der Waals surface area contributed by atoms with Crippen molar-refractivity contribution in [1.29, 1.82) is 0 Å². The summed E-state index contributed by atoms with van der Waals surface area (Å²) in [4.78, 5) is 0. The van der Waals surface area contributed by atoms with Gasteiger partial charge >= 0.3 is 33.9 Å². The molecule has 1 atom stereocenters. The first kappa shape index (κ1) is 29.8. The van der Waals surface area contributed by atoms with Crippen LogP contribution in [0.2, 0.25) is 0 Å². The number of allylic oxidation sites excluding steroid dienone is 5. The van der Waals surface area contributed by atoms with Crippen LogP contribution in [-0.4, -0.2) is 7.11 Å². The second-order valence-corrected chi connectivity index (χ2v) is 5.20. The average molecular weight is 408 g/mol. The predicted molar refractivity (Wildman–Crippen MR) is 94.3 cm³/mol. The van der Waals surface area contributed by atoms with E-state index < -0.39 is 0 Å². The van der Waals surface area contributed by atoms with Gasteiger partial charge < -0.3 is 9.15 Å². The fourth-order valence-corrected chi connectivity index (χ4v) is 2.68.